The van der Waals surface area contributed by atoms with Gasteiger partial charge in [0, 0.05) is 38.2 Å². The Morgan fingerprint density at radius 3 is 2.52 bits per heavy atom. The highest BCUT2D eigenvalue weighted by atomic mass is 16.5. The normalized spacial score (nSPS) is 14.4. The molecule has 1 N–H and O–H groups in total. The van der Waals surface area contributed by atoms with Crippen LogP contribution in [0, 0.1) is 0 Å². The smallest absolute Gasteiger partial charge is 0.289 e. The number of hydrogen-bond donors (Lipinski definition) is 1. The second kappa shape index (κ2) is 7.98. The number of ether oxygens (including phenoxy) is 1. The van der Waals surface area contributed by atoms with Crippen molar-refractivity contribution >= 4 is 11.7 Å². The molecule has 0 bridgehead atoms. The molecule has 1 fully saturated rings. The Balaban J connectivity index is 1.56. The molecule has 3 rings (SSSR count). The highest BCUT2D eigenvalue weighted by Crippen LogP contribution is 2.17. The van der Waals surface area contributed by atoms with E-state index in [2.05, 4.69) is 5.32 Å². The van der Waals surface area contributed by atoms with Crippen molar-refractivity contribution in [2.45, 2.75) is 20.0 Å². The summed E-state index contributed by atoms with van der Waals surface area (Å²) in [6.45, 7) is 5.05. The highest BCUT2D eigenvalue weighted by molar-refractivity contribution is 5.95. The Morgan fingerprint density at radius 2 is 1.84 bits per heavy atom. The molecule has 25 heavy (non-hydrogen) atoms. The van der Waals surface area contributed by atoms with Crippen molar-refractivity contribution in [3.63, 3.8) is 0 Å². The van der Waals surface area contributed by atoms with Crippen molar-refractivity contribution in [3.05, 3.63) is 53.5 Å². The number of nitrogens with one attached hydrogen (secondary N) is 1. The van der Waals surface area contributed by atoms with Crippen LogP contribution in [0.15, 0.2) is 40.8 Å². The van der Waals surface area contributed by atoms with Gasteiger partial charge in [0.1, 0.15) is 18.1 Å². The van der Waals surface area contributed by atoms with Crippen LogP contribution < -0.4 is 10.1 Å². The average molecular weight is 342 g/mol. The molecule has 2 aromatic rings. The van der Waals surface area contributed by atoms with Crippen molar-refractivity contribution in [1.29, 1.82) is 0 Å². The number of Topliss-reactive ketones (excluding diaryl/α,β-unsaturated/α-hetero) is 1. The SMILES string of the molecule is CCC(=O)c1ccc(OCc2ccc(C(=O)N3CCNCC3)o2)cc1. The summed E-state index contributed by atoms with van der Waals surface area (Å²) in [6, 6.07) is 10.5. The summed E-state index contributed by atoms with van der Waals surface area (Å²) in [5.41, 5.74) is 0.678. The van der Waals surface area contributed by atoms with Gasteiger partial charge in [0.2, 0.25) is 0 Å². The van der Waals surface area contributed by atoms with E-state index in [1.165, 1.54) is 0 Å². The maximum Gasteiger partial charge on any atom is 0.289 e. The Hall–Kier alpha value is -2.60. The molecule has 6 nitrogen and oxygen atoms in total. The van der Waals surface area contributed by atoms with Gasteiger partial charge in [-0.1, -0.05) is 6.92 Å². The lowest BCUT2D eigenvalue weighted by Crippen LogP contribution is -2.46. The first-order chi connectivity index (χ1) is 12.2. The monoisotopic (exact) mass is 342 g/mol. The van der Waals surface area contributed by atoms with Gasteiger partial charge in [0.15, 0.2) is 11.5 Å². The summed E-state index contributed by atoms with van der Waals surface area (Å²) in [7, 11) is 0. The zero-order valence-corrected chi connectivity index (χ0v) is 14.3. The third kappa shape index (κ3) is 4.28. The van der Waals surface area contributed by atoms with Crippen molar-refractivity contribution in [1.82, 2.24) is 10.2 Å². The van der Waals surface area contributed by atoms with Crippen molar-refractivity contribution in [3.8, 4) is 5.75 Å². The summed E-state index contributed by atoms with van der Waals surface area (Å²) < 4.78 is 11.3. The summed E-state index contributed by atoms with van der Waals surface area (Å²) in [5, 5.41) is 3.21. The largest absolute Gasteiger partial charge is 0.486 e. The molecule has 2 heterocycles. The van der Waals surface area contributed by atoms with Crippen LogP contribution in [-0.2, 0) is 6.61 Å². The van der Waals surface area contributed by atoms with Gasteiger partial charge in [-0.15, -0.1) is 0 Å². The van der Waals surface area contributed by atoms with Crippen molar-refractivity contribution in [2.75, 3.05) is 26.2 Å². The molecule has 1 aromatic carbocycles. The van der Waals surface area contributed by atoms with Crippen LogP contribution in [0.3, 0.4) is 0 Å². The molecular formula is C19H22N2O4. The van der Waals surface area contributed by atoms with Crippen LogP contribution in [0.5, 0.6) is 5.75 Å². The van der Waals surface area contributed by atoms with E-state index in [1.54, 1.807) is 41.3 Å². The van der Waals surface area contributed by atoms with Crippen LogP contribution in [0.2, 0.25) is 0 Å². The number of ketones is 1. The fraction of sp³-hybridized carbons (Fsp3) is 0.368. The quantitative estimate of drug-likeness (QED) is 0.817. The highest BCUT2D eigenvalue weighted by Gasteiger charge is 2.20. The zero-order chi connectivity index (χ0) is 17.6. The second-order valence-corrected chi connectivity index (χ2v) is 5.90. The second-order valence-electron chi connectivity index (χ2n) is 5.90. The zero-order valence-electron chi connectivity index (χ0n) is 14.3. The van der Waals surface area contributed by atoms with E-state index in [1.807, 2.05) is 6.92 Å². The number of nitrogens with zero attached hydrogens (tertiary/aromatic N) is 1. The lowest BCUT2D eigenvalue weighted by Gasteiger charge is -2.26. The van der Waals surface area contributed by atoms with Crippen molar-refractivity contribution in [2.24, 2.45) is 0 Å². The van der Waals surface area contributed by atoms with Gasteiger partial charge in [-0.05, 0) is 36.4 Å². The number of amides is 1. The van der Waals surface area contributed by atoms with Crippen LogP contribution in [-0.4, -0.2) is 42.8 Å². The molecule has 0 radical (unpaired) electrons. The van der Waals surface area contributed by atoms with E-state index in [4.69, 9.17) is 9.15 Å². The average Bonchev–Trinajstić information content (AvgIpc) is 3.15. The Labute approximate surface area is 146 Å². The number of benzene rings is 1. The first-order valence-electron chi connectivity index (χ1n) is 8.52. The minimum atomic E-state index is -0.0878. The predicted molar refractivity (Wildman–Crippen MR) is 92.9 cm³/mol. The summed E-state index contributed by atoms with van der Waals surface area (Å²) >= 11 is 0. The molecule has 1 saturated heterocycles. The van der Waals surface area contributed by atoms with E-state index < -0.39 is 0 Å². The molecule has 1 aromatic heterocycles. The van der Waals surface area contributed by atoms with Crippen LogP contribution in [0.1, 0.15) is 40.0 Å². The van der Waals surface area contributed by atoms with E-state index in [-0.39, 0.29) is 18.3 Å². The van der Waals surface area contributed by atoms with E-state index >= 15 is 0 Å². The standard InChI is InChI=1S/C19H22N2O4/c1-2-17(22)14-3-5-15(6-4-14)24-13-16-7-8-18(25-16)19(23)21-11-9-20-10-12-21/h3-8,20H,2,9-13H2,1H3. The number of carbonyl (C=O) groups excluding carboxylic acids is 2. The molecule has 1 aliphatic heterocycles. The fourth-order valence-electron chi connectivity index (χ4n) is 2.69. The number of rotatable bonds is 6. The van der Waals surface area contributed by atoms with Gasteiger partial charge in [-0.2, -0.15) is 0 Å². The van der Waals surface area contributed by atoms with Gasteiger partial charge in [0.25, 0.3) is 5.91 Å². The third-order valence-corrected chi connectivity index (χ3v) is 4.16. The number of piperazine rings is 1. The van der Waals surface area contributed by atoms with Crippen LogP contribution in [0.25, 0.3) is 0 Å². The number of furan rings is 1. The molecule has 0 spiro atoms. The first-order valence-corrected chi connectivity index (χ1v) is 8.52. The molecule has 6 heteroatoms. The maximum absolute atomic E-state index is 12.3. The molecule has 0 saturated carbocycles. The third-order valence-electron chi connectivity index (χ3n) is 4.16. The van der Waals surface area contributed by atoms with Gasteiger partial charge in [-0.3, -0.25) is 9.59 Å². The number of carbonyl (C=O) groups is 2. The Morgan fingerprint density at radius 1 is 1.12 bits per heavy atom. The van der Waals surface area contributed by atoms with E-state index in [9.17, 15) is 9.59 Å². The van der Waals surface area contributed by atoms with Gasteiger partial charge in [0.05, 0.1) is 0 Å². The first kappa shape index (κ1) is 17.2. The molecule has 1 amide bonds. The van der Waals surface area contributed by atoms with Crippen molar-refractivity contribution < 1.29 is 18.7 Å². The maximum atomic E-state index is 12.3. The minimum Gasteiger partial charge on any atom is -0.486 e. The number of hydrogen-bond acceptors (Lipinski definition) is 5. The predicted octanol–water partition coefficient (Wildman–Crippen LogP) is 2.50. The van der Waals surface area contributed by atoms with Gasteiger partial charge >= 0.3 is 0 Å². The van der Waals surface area contributed by atoms with Crippen LogP contribution >= 0.6 is 0 Å². The lowest BCUT2D eigenvalue weighted by atomic mass is 10.1. The summed E-state index contributed by atoms with van der Waals surface area (Å²) in [4.78, 5) is 25.7. The summed E-state index contributed by atoms with van der Waals surface area (Å²) in [5.74, 6) is 1.60. The van der Waals surface area contributed by atoms with Gasteiger partial charge < -0.3 is 19.4 Å². The lowest BCUT2D eigenvalue weighted by molar-refractivity contribution is 0.0699. The molecule has 0 unspecified atom stereocenters. The molecule has 132 valence electrons. The Kier molecular flexibility index (Phi) is 5.50. The minimum absolute atomic E-state index is 0.0878. The molecule has 1 aliphatic rings. The van der Waals surface area contributed by atoms with Crippen LogP contribution in [0.4, 0.5) is 0 Å². The molecular weight excluding hydrogens is 320 g/mol. The molecule has 0 atom stereocenters. The van der Waals surface area contributed by atoms with Gasteiger partial charge in [-0.25, -0.2) is 0 Å². The summed E-state index contributed by atoms with van der Waals surface area (Å²) in [6.07, 6.45) is 0.483. The Bertz CT molecular complexity index is 730. The topological polar surface area (TPSA) is 71.8 Å². The van der Waals surface area contributed by atoms with E-state index in [0.717, 1.165) is 13.1 Å². The fourth-order valence-corrected chi connectivity index (χ4v) is 2.69. The molecule has 0 aliphatic carbocycles. The van der Waals surface area contributed by atoms with E-state index in [0.29, 0.717) is 42.3 Å².